The maximum Gasteiger partial charge on any atom is 0.267 e. The number of fused-ring (bicyclic) bond motifs is 1. The smallest absolute Gasteiger partial charge is 0.267 e. The number of aryl methyl sites for hydroxylation is 1. The minimum absolute atomic E-state index is 0.141. The monoisotopic (exact) mass is 426 g/mol. The molecule has 2 atom stereocenters. The molecule has 160 valence electrons. The highest BCUT2D eigenvalue weighted by Crippen LogP contribution is 2.31. The fraction of sp³-hybridized carbons (Fsp3) is 0.600. The summed E-state index contributed by atoms with van der Waals surface area (Å²) in [5.74, 6) is -2.56. The Hall–Kier alpha value is -1.71. The lowest BCUT2D eigenvalue weighted by molar-refractivity contribution is 0.0256. The van der Waals surface area contributed by atoms with Gasteiger partial charge in [-0.2, -0.15) is 0 Å². The molecule has 9 heteroatoms. The van der Waals surface area contributed by atoms with Gasteiger partial charge in [0, 0.05) is 36.9 Å². The van der Waals surface area contributed by atoms with Gasteiger partial charge in [-0.05, 0) is 46.2 Å². The number of alkyl halides is 2. The molecule has 0 amide bonds. The SMILES string of the molecule is Cc1cc(C(C)N[S@+]([O-])C(C)(C)C)c2nc(N3CCC(F)(F)C3)n(C)c(=O)c2c1. The molecule has 1 aliphatic heterocycles. The zero-order valence-corrected chi connectivity index (χ0v) is 18.5. The van der Waals surface area contributed by atoms with Crippen molar-refractivity contribution in [3.63, 3.8) is 0 Å². The van der Waals surface area contributed by atoms with Crippen LogP contribution in [0, 0.1) is 6.92 Å². The third-order valence-electron chi connectivity index (χ3n) is 5.09. The van der Waals surface area contributed by atoms with Crippen LogP contribution in [0.5, 0.6) is 0 Å². The maximum atomic E-state index is 13.7. The Morgan fingerprint density at radius 2 is 2.00 bits per heavy atom. The Morgan fingerprint density at radius 1 is 1.34 bits per heavy atom. The second-order valence-corrected chi connectivity index (χ2v) is 10.8. The van der Waals surface area contributed by atoms with Crippen molar-refractivity contribution in [1.29, 1.82) is 0 Å². The van der Waals surface area contributed by atoms with Gasteiger partial charge in [-0.3, -0.25) is 9.36 Å². The highest BCUT2D eigenvalue weighted by atomic mass is 32.2. The van der Waals surface area contributed by atoms with Gasteiger partial charge < -0.3 is 9.45 Å². The van der Waals surface area contributed by atoms with E-state index < -0.39 is 28.6 Å². The van der Waals surface area contributed by atoms with E-state index in [0.717, 1.165) is 11.1 Å². The van der Waals surface area contributed by atoms with E-state index in [1.165, 1.54) is 9.47 Å². The third kappa shape index (κ3) is 4.41. The van der Waals surface area contributed by atoms with Crippen LogP contribution in [-0.4, -0.2) is 37.9 Å². The minimum atomic E-state index is -2.79. The number of anilines is 1. The number of aromatic nitrogens is 2. The van der Waals surface area contributed by atoms with Crippen molar-refractivity contribution < 1.29 is 13.3 Å². The Bertz CT molecular complexity index is 987. The second kappa shape index (κ2) is 7.52. The summed E-state index contributed by atoms with van der Waals surface area (Å²) in [5.41, 5.74) is 1.77. The van der Waals surface area contributed by atoms with Gasteiger partial charge in [0.2, 0.25) is 5.95 Å². The Labute approximate surface area is 172 Å². The number of benzene rings is 1. The molecule has 1 aliphatic rings. The van der Waals surface area contributed by atoms with Crippen LogP contribution in [-0.2, 0) is 18.4 Å². The molecule has 0 radical (unpaired) electrons. The van der Waals surface area contributed by atoms with Crippen LogP contribution >= 0.6 is 0 Å². The number of halogens is 2. The van der Waals surface area contributed by atoms with Crippen LogP contribution < -0.4 is 15.2 Å². The average molecular weight is 427 g/mol. The lowest BCUT2D eigenvalue weighted by Crippen LogP contribution is -2.40. The van der Waals surface area contributed by atoms with Crippen molar-refractivity contribution in [2.45, 2.75) is 57.8 Å². The zero-order valence-electron chi connectivity index (χ0n) is 17.7. The molecule has 0 aliphatic carbocycles. The van der Waals surface area contributed by atoms with Crippen LogP contribution in [0.25, 0.3) is 10.9 Å². The molecule has 0 bridgehead atoms. The van der Waals surface area contributed by atoms with Crippen molar-refractivity contribution >= 4 is 28.2 Å². The first kappa shape index (κ1) is 22.0. The maximum absolute atomic E-state index is 13.7. The first-order valence-corrected chi connectivity index (χ1v) is 10.8. The fourth-order valence-electron chi connectivity index (χ4n) is 3.46. The summed E-state index contributed by atoms with van der Waals surface area (Å²) in [7, 11) is 1.55. The van der Waals surface area contributed by atoms with Gasteiger partial charge in [0.25, 0.3) is 11.5 Å². The molecule has 2 heterocycles. The summed E-state index contributed by atoms with van der Waals surface area (Å²) < 4.78 is 44.0. The van der Waals surface area contributed by atoms with Gasteiger partial charge in [-0.15, -0.1) is 4.72 Å². The van der Waals surface area contributed by atoms with Crippen molar-refractivity contribution in [3.8, 4) is 0 Å². The molecule has 0 spiro atoms. The summed E-state index contributed by atoms with van der Waals surface area (Å²) in [6, 6.07) is 3.31. The molecule has 1 fully saturated rings. The number of hydrogen-bond acceptors (Lipinski definition) is 5. The number of rotatable bonds is 4. The van der Waals surface area contributed by atoms with Gasteiger partial charge in [-0.25, -0.2) is 13.8 Å². The van der Waals surface area contributed by atoms with Crippen LogP contribution in [0.2, 0.25) is 0 Å². The lowest BCUT2D eigenvalue weighted by atomic mass is 10.0. The normalized spacial score (nSPS) is 19.0. The first-order valence-electron chi connectivity index (χ1n) is 9.62. The first-order chi connectivity index (χ1) is 13.3. The van der Waals surface area contributed by atoms with Crippen molar-refractivity contribution in [2.75, 3.05) is 18.0 Å². The van der Waals surface area contributed by atoms with Crippen LogP contribution in [0.15, 0.2) is 16.9 Å². The molecule has 3 rings (SSSR count). The molecular weight excluding hydrogens is 398 g/mol. The average Bonchev–Trinajstić information content (AvgIpc) is 2.96. The third-order valence-corrected chi connectivity index (χ3v) is 6.77. The van der Waals surface area contributed by atoms with Crippen molar-refractivity contribution in [3.05, 3.63) is 33.6 Å². The van der Waals surface area contributed by atoms with Crippen molar-refractivity contribution in [2.24, 2.45) is 7.05 Å². The van der Waals surface area contributed by atoms with E-state index in [0.29, 0.717) is 10.9 Å². The molecule has 1 aromatic carbocycles. The fourth-order valence-corrected chi connectivity index (χ4v) is 4.26. The minimum Gasteiger partial charge on any atom is -0.598 e. The zero-order chi connectivity index (χ0) is 21.7. The molecule has 2 aromatic rings. The van der Waals surface area contributed by atoms with Crippen LogP contribution in [0.1, 0.15) is 51.3 Å². The highest BCUT2D eigenvalue weighted by Gasteiger charge is 2.40. The summed E-state index contributed by atoms with van der Waals surface area (Å²) in [5, 5.41) is 0.424. The van der Waals surface area contributed by atoms with E-state index in [4.69, 9.17) is 0 Å². The van der Waals surface area contributed by atoms with Crippen molar-refractivity contribution in [1.82, 2.24) is 14.3 Å². The molecule has 1 N–H and O–H groups in total. The molecule has 0 saturated carbocycles. The van der Waals surface area contributed by atoms with Gasteiger partial charge in [0.15, 0.2) is 0 Å². The predicted octanol–water partition coefficient (Wildman–Crippen LogP) is 3.20. The lowest BCUT2D eigenvalue weighted by Gasteiger charge is -2.27. The number of nitrogens with one attached hydrogen (secondary N) is 1. The molecule has 1 aromatic heterocycles. The van der Waals surface area contributed by atoms with Gasteiger partial charge in [0.1, 0.15) is 4.75 Å². The van der Waals surface area contributed by atoms with Crippen LogP contribution in [0.4, 0.5) is 14.7 Å². The van der Waals surface area contributed by atoms with Gasteiger partial charge in [-0.1, -0.05) is 6.07 Å². The van der Waals surface area contributed by atoms with E-state index >= 15 is 0 Å². The number of nitrogens with zero attached hydrogens (tertiary/aromatic N) is 3. The summed E-state index contributed by atoms with van der Waals surface area (Å²) in [6.07, 6.45) is -0.260. The van der Waals surface area contributed by atoms with Crippen LogP contribution in [0.3, 0.4) is 0 Å². The largest absolute Gasteiger partial charge is 0.598 e. The van der Waals surface area contributed by atoms with E-state index in [-0.39, 0.29) is 30.5 Å². The Morgan fingerprint density at radius 3 is 2.55 bits per heavy atom. The molecule has 29 heavy (non-hydrogen) atoms. The van der Waals surface area contributed by atoms with Gasteiger partial charge in [0.05, 0.1) is 23.5 Å². The predicted molar refractivity (Wildman–Crippen MR) is 113 cm³/mol. The second-order valence-electron chi connectivity index (χ2n) is 8.77. The van der Waals surface area contributed by atoms with E-state index in [2.05, 4.69) is 9.71 Å². The topological polar surface area (TPSA) is 73.2 Å². The number of hydrogen-bond donors (Lipinski definition) is 1. The van der Waals surface area contributed by atoms with E-state index in [1.807, 2.05) is 40.7 Å². The molecule has 6 nitrogen and oxygen atoms in total. The summed E-state index contributed by atoms with van der Waals surface area (Å²) in [4.78, 5) is 19.1. The summed E-state index contributed by atoms with van der Waals surface area (Å²) >= 11 is -1.32. The van der Waals surface area contributed by atoms with Gasteiger partial charge >= 0.3 is 0 Å². The molecule has 1 saturated heterocycles. The molecular formula is C20H28F2N4O2S. The van der Waals surface area contributed by atoms with E-state index in [9.17, 15) is 18.1 Å². The molecule has 1 unspecified atom stereocenters. The summed E-state index contributed by atoms with van der Waals surface area (Å²) in [6.45, 7) is 9.04. The Balaban J connectivity index is 2.12. The highest BCUT2D eigenvalue weighted by molar-refractivity contribution is 7.90. The Kier molecular flexibility index (Phi) is 5.70. The quantitative estimate of drug-likeness (QED) is 0.760. The standard InChI is InChI=1S/C20H28F2N4O2S/c1-12-9-14(13(2)24-29(28)19(3,4)5)16-15(10-12)17(27)25(6)18(23-16)26-8-7-20(21,22)11-26/h9-10,13,24H,7-8,11H2,1-6H3/t13?,29-/m1/s1. The van der Waals surface area contributed by atoms with E-state index in [1.54, 1.807) is 13.1 Å².